The van der Waals surface area contributed by atoms with Crippen molar-refractivity contribution in [3.63, 3.8) is 0 Å². The minimum Gasteiger partial charge on any atom is -0.378 e. The van der Waals surface area contributed by atoms with Crippen LogP contribution in [-0.4, -0.2) is 32.2 Å². The number of aliphatic imine (C=N–C) groups is 1. The first-order chi connectivity index (χ1) is 15.9. The van der Waals surface area contributed by atoms with Gasteiger partial charge in [0.25, 0.3) is 5.91 Å². The summed E-state index contributed by atoms with van der Waals surface area (Å²) in [5.41, 5.74) is 5.46. The number of rotatable bonds is 7. The number of nitrogens with two attached hydrogens (primary N) is 1. The van der Waals surface area contributed by atoms with E-state index in [0.717, 1.165) is 38.9 Å². The van der Waals surface area contributed by atoms with Gasteiger partial charge in [-0.3, -0.25) is 15.0 Å². The topological polar surface area (TPSA) is 134 Å². The van der Waals surface area contributed by atoms with E-state index >= 15 is 0 Å². The predicted molar refractivity (Wildman–Crippen MR) is 139 cm³/mol. The molecule has 1 aliphatic carbocycles. The first-order valence-electron chi connectivity index (χ1n) is 10.1. The summed E-state index contributed by atoms with van der Waals surface area (Å²) < 4.78 is 0. The quantitative estimate of drug-likeness (QED) is 0.308. The number of nitrogens with one attached hydrogen (secondary N) is 2. The molecule has 0 spiro atoms. The monoisotopic (exact) mass is 520 g/mol. The summed E-state index contributed by atoms with van der Waals surface area (Å²) in [4.78, 5) is 28.8. The first kappa shape index (κ1) is 25.2. The highest BCUT2D eigenvalue weighted by Gasteiger charge is 2.23. The molecule has 0 bridgehead atoms. The van der Waals surface area contributed by atoms with Crippen LogP contribution in [0.15, 0.2) is 40.0 Å². The van der Waals surface area contributed by atoms with Crippen LogP contribution in [0, 0.1) is 11.3 Å². The third kappa shape index (κ3) is 9.95. The molecule has 3 aromatic heterocycles. The summed E-state index contributed by atoms with van der Waals surface area (Å²) >= 11 is 5.58. The molecule has 0 atom stereocenters. The fourth-order valence-electron chi connectivity index (χ4n) is 2.59. The van der Waals surface area contributed by atoms with Crippen molar-refractivity contribution in [3.05, 3.63) is 49.8 Å². The van der Waals surface area contributed by atoms with E-state index in [4.69, 9.17) is 11.1 Å². The van der Waals surface area contributed by atoms with Crippen molar-refractivity contribution in [1.82, 2.24) is 10.2 Å². The van der Waals surface area contributed by atoms with Gasteiger partial charge in [0.1, 0.15) is 5.01 Å². The zero-order valence-electron chi connectivity index (χ0n) is 17.9. The Morgan fingerprint density at radius 2 is 1.85 bits per heavy atom. The van der Waals surface area contributed by atoms with Crippen molar-refractivity contribution in [1.29, 1.82) is 5.41 Å². The number of hydrogen-bond donors (Lipinski definition) is 3. The number of carbonyl (C=O) groups excluding carboxylic acids is 2. The van der Waals surface area contributed by atoms with Crippen molar-refractivity contribution in [3.8, 4) is 0 Å². The van der Waals surface area contributed by atoms with Crippen LogP contribution in [-0.2, 0) is 28.9 Å². The van der Waals surface area contributed by atoms with Crippen LogP contribution in [0.3, 0.4) is 0 Å². The molecule has 0 radical (unpaired) electrons. The lowest BCUT2D eigenvalue weighted by Gasteiger charge is -1.98. The van der Waals surface area contributed by atoms with Gasteiger partial charge in [0, 0.05) is 16.2 Å². The van der Waals surface area contributed by atoms with Gasteiger partial charge in [-0.2, -0.15) is 4.99 Å². The number of amides is 2. The number of carbonyl (C=O) groups is 2. The lowest BCUT2D eigenvalue weighted by molar-refractivity contribution is -0.117. The average molecular weight is 521 g/mol. The Morgan fingerprint density at radius 1 is 1.18 bits per heavy atom. The van der Waals surface area contributed by atoms with Crippen LogP contribution >= 0.6 is 45.8 Å². The minimum absolute atomic E-state index is 0.0217. The lowest BCUT2D eigenvalue weighted by atomic mass is 10.3. The summed E-state index contributed by atoms with van der Waals surface area (Å²) in [5, 5.41) is 24.1. The van der Waals surface area contributed by atoms with Crippen LogP contribution in [0.25, 0.3) is 0 Å². The first-order valence-corrected chi connectivity index (χ1v) is 13.5. The number of thioether (sulfide) groups is 1. The van der Waals surface area contributed by atoms with E-state index < -0.39 is 0 Å². The van der Waals surface area contributed by atoms with Gasteiger partial charge in [-0.05, 0) is 60.3 Å². The normalized spacial score (nSPS) is 13.2. The van der Waals surface area contributed by atoms with Gasteiger partial charge in [-0.1, -0.05) is 23.5 Å². The van der Waals surface area contributed by atoms with Gasteiger partial charge in [-0.25, -0.2) is 0 Å². The van der Waals surface area contributed by atoms with E-state index in [-0.39, 0.29) is 23.4 Å². The Morgan fingerprint density at radius 3 is 2.42 bits per heavy atom. The maximum atomic E-state index is 11.8. The number of amidine groups is 1. The van der Waals surface area contributed by atoms with Gasteiger partial charge in [0.15, 0.2) is 5.17 Å². The van der Waals surface area contributed by atoms with Crippen molar-refractivity contribution < 1.29 is 9.59 Å². The smallest absolute Gasteiger partial charge is 0.253 e. The Kier molecular flexibility index (Phi) is 9.73. The van der Waals surface area contributed by atoms with Crippen molar-refractivity contribution >= 4 is 72.9 Å². The van der Waals surface area contributed by atoms with Gasteiger partial charge in [0.2, 0.25) is 11.0 Å². The Bertz CT molecular complexity index is 1090. The zero-order chi connectivity index (χ0) is 23.6. The molecule has 0 saturated heterocycles. The van der Waals surface area contributed by atoms with Crippen molar-refractivity contribution in [2.75, 3.05) is 5.32 Å². The summed E-state index contributed by atoms with van der Waals surface area (Å²) in [6.07, 6.45) is 4.31. The second-order valence-electron chi connectivity index (χ2n) is 7.21. The van der Waals surface area contributed by atoms with E-state index in [1.165, 1.54) is 35.5 Å². The van der Waals surface area contributed by atoms with Crippen LogP contribution in [0.4, 0.5) is 5.13 Å². The van der Waals surface area contributed by atoms with Gasteiger partial charge >= 0.3 is 0 Å². The largest absolute Gasteiger partial charge is 0.378 e. The van der Waals surface area contributed by atoms with Crippen molar-refractivity contribution in [2.45, 2.75) is 39.0 Å². The predicted octanol–water partition coefficient (Wildman–Crippen LogP) is 4.60. The van der Waals surface area contributed by atoms with Crippen LogP contribution in [0.5, 0.6) is 0 Å². The second kappa shape index (κ2) is 12.7. The van der Waals surface area contributed by atoms with Crippen LogP contribution in [0.2, 0.25) is 0 Å². The lowest BCUT2D eigenvalue weighted by Crippen LogP contribution is -2.13. The molecule has 12 heteroatoms. The van der Waals surface area contributed by atoms with Gasteiger partial charge in [-0.15, -0.1) is 32.9 Å². The zero-order valence-corrected chi connectivity index (χ0v) is 21.2. The molecule has 1 fully saturated rings. The Balaban J connectivity index is 0.000000190. The fourth-order valence-corrected chi connectivity index (χ4v) is 5.33. The molecule has 1 aliphatic rings. The second-order valence-corrected chi connectivity index (χ2v) is 11.6. The molecular weight excluding hydrogens is 497 g/mol. The van der Waals surface area contributed by atoms with Crippen LogP contribution in [0.1, 0.15) is 34.5 Å². The highest BCUT2D eigenvalue weighted by Crippen LogP contribution is 2.33. The van der Waals surface area contributed by atoms with E-state index in [1.807, 2.05) is 35.0 Å². The third-order valence-corrected chi connectivity index (χ3v) is 7.41. The summed E-state index contributed by atoms with van der Waals surface area (Å²) in [6.45, 7) is 1.59. The van der Waals surface area contributed by atoms with Gasteiger partial charge < -0.3 is 11.1 Å². The van der Waals surface area contributed by atoms with E-state index in [1.54, 1.807) is 18.3 Å². The maximum absolute atomic E-state index is 11.8. The Labute approximate surface area is 208 Å². The molecule has 174 valence electrons. The molecule has 0 aromatic carbocycles. The molecule has 2 amide bonds. The molecule has 4 N–H and O–H groups in total. The molecule has 8 nitrogen and oxygen atoms in total. The minimum atomic E-state index is -0.274. The number of thiophene rings is 2. The third-order valence-electron chi connectivity index (χ3n) is 4.19. The SMILES string of the molecule is CC(=N)SC(N)=NC(=O)Cc1cccs1.O=C(Cc1cccs1)Nc1nnc(CC2CC2)s1. The Hall–Kier alpha value is -2.41. The molecule has 0 unspecified atom stereocenters. The van der Waals surface area contributed by atoms with E-state index in [9.17, 15) is 9.59 Å². The molecule has 1 saturated carbocycles. The number of aromatic nitrogens is 2. The fraction of sp³-hybridized carbons (Fsp3) is 0.333. The molecular formula is C21H24N6O2S4. The summed E-state index contributed by atoms with van der Waals surface area (Å²) in [5.74, 6) is 0.503. The van der Waals surface area contributed by atoms with Gasteiger partial charge in [0.05, 0.1) is 17.9 Å². The van der Waals surface area contributed by atoms with E-state index in [0.29, 0.717) is 16.6 Å². The highest BCUT2D eigenvalue weighted by atomic mass is 32.2. The molecule has 33 heavy (non-hydrogen) atoms. The number of hydrogen-bond acceptors (Lipinski definition) is 9. The standard InChI is InChI=1S/C12H13N3OS2.C9H11N3OS2/c16-10(7-9-2-1-5-17-9)13-12-15-14-11(18-12)6-8-3-4-8;1-6(10)15-9(11)12-8(13)5-7-3-2-4-14-7/h1-2,5,8H,3-4,6-7H2,(H,13,15,16);2-4,10H,5H2,1H3,(H2,11,12,13). The molecule has 3 aromatic rings. The molecule has 3 heterocycles. The van der Waals surface area contributed by atoms with Crippen LogP contribution < -0.4 is 11.1 Å². The maximum Gasteiger partial charge on any atom is 0.253 e. The number of anilines is 1. The van der Waals surface area contributed by atoms with Crippen molar-refractivity contribution in [2.24, 2.45) is 16.6 Å². The molecule has 4 rings (SSSR count). The summed E-state index contributed by atoms with van der Waals surface area (Å²) in [6, 6.07) is 7.68. The number of nitrogens with zero attached hydrogens (tertiary/aromatic N) is 3. The average Bonchev–Trinajstić information content (AvgIpc) is 3.13. The molecule has 0 aliphatic heterocycles. The summed E-state index contributed by atoms with van der Waals surface area (Å²) in [7, 11) is 0. The van der Waals surface area contributed by atoms with E-state index in [2.05, 4.69) is 20.5 Å². The highest BCUT2D eigenvalue weighted by molar-refractivity contribution is 8.26.